The van der Waals surface area contributed by atoms with Gasteiger partial charge < -0.3 is 10.3 Å². The van der Waals surface area contributed by atoms with E-state index < -0.39 is 5.54 Å². The van der Waals surface area contributed by atoms with Gasteiger partial charge in [-0.25, -0.2) is 0 Å². The Morgan fingerprint density at radius 3 is 2.38 bits per heavy atom. The van der Waals surface area contributed by atoms with Gasteiger partial charge in [0.2, 0.25) is 5.89 Å². The zero-order valence-corrected chi connectivity index (χ0v) is 12.2. The number of hydrogen-bond donors (Lipinski definition) is 1. The molecular formula is C17H21N3O. The topological polar surface area (TPSA) is 64.9 Å². The van der Waals surface area contributed by atoms with Gasteiger partial charge >= 0.3 is 0 Å². The Bertz CT molecular complexity index is 618. The maximum atomic E-state index is 6.48. The second-order valence-electron chi connectivity index (χ2n) is 6.55. The summed E-state index contributed by atoms with van der Waals surface area (Å²) in [5, 5.41) is 4.24. The lowest BCUT2D eigenvalue weighted by molar-refractivity contribution is 0.219. The normalized spacial score (nSPS) is 21.4. The third-order valence-corrected chi connectivity index (χ3v) is 5.03. The minimum atomic E-state index is -0.394. The summed E-state index contributed by atoms with van der Waals surface area (Å²) in [6, 6.07) is 8.59. The van der Waals surface area contributed by atoms with Crippen LogP contribution in [0.3, 0.4) is 0 Å². The quantitative estimate of drug-likeness (QED) is 0.920. The van der Waals surface area contributed by atoms with E-state index in [-0.39, 0.29) is 0 Å². The first-order chi connectivity index (χ1) is 10.2. The van der Waals surface area contributed by atoms with Crippen LogP contribution >= 0.6 is 0 Å². The van der Waals surface area contributed by atoms with E-state index >= 15 is 0 Å². The van der Waals surface area contributed by atoms with E-state index in [0.29, 0.717) is 11.8 Å². The van der Waals surface area contributed by atoms with Crippen molar-refractivity contribution >= 4 is 0 Å². The number of benzene rings is 1. The van der Waals surface area contributed by atoms with Crippen molar-refractivity contribution in [2.45, 2.75) is 56.4 Å². The Morgan fingerprint density at radius 2 is 1.71 bits per heavy atom. The summed E-state index contributed by atoms with van der Waals surface area (Å²) >= 11 is 0. The molecule has 0 atom stereocenters. The summed E-state index contributed by atoms with van der Waals surface area (Å²) in [6.45, 7) is 0. The molecule has 1 aromatic carbocycles. The molecule has 0 amide bonds. The highest BCUT2D eigenvalue weighted by molar-refractivity contribution is 5.35. The largest absolute Gasteiger partial charge is 0.337 e. The minimum absolute atomic E-state index is 0.340. The van der Waals surface area contributed by atoms with E-state index in [0.717, 1.165) is 44.3 Å². The average Bonchev–Trinajstić information content (AvgIpc) is 3.15. The van der Waals surface area contributed by atoms with Crippen molar-refractivity contribution in [3.63, 3.8) is 0 Å². The molecule has 0 aliphatic heterocycles. The molecule has 2 aliphatic carbocycles. The molecule has 0 unspecified atom stereocenters. The lowest BCUT2D eigenvalue weighted by Gasteiger charge is -2.29. The van der Waals surface area contributed by atoms with E-state index in [4.69, 9.17) is 10.3 Å². The van der Waals surface area contributed by atoms with Gasteiger partial charge in [-0.1, -0.05) is 48.7 Å². The Labute approximate surface area is 124 Å². The van der Waals surface area contributed by atoms with Crippen LogP contribution in [0.25, 0.3) is 0 Å². The molecule has 21 heavy (non-hydrogen) atoms. The highest BCUT2D eigenvalue weighted by Gasteiger charge is 2.36. The first-order valence-corrected chi connectivity index (χ1v) is 7.94. The molecule has 4 rings (SSSR count). The maximum absolute atomic E-state index is 6.48. The van der Waals surface area contributed by atoms with E-state index in [2.05, 4.69) is 34.4 Å². The molecule has 4 heteroatoms. The molecule has 2 aromatic rings. The van der Waals surface area contributed by atoms with Gasteiger partial charge in [0.05, 0.1) is 5.54 Å². The van der Waals surface area contributed by atoms with Crippen molar-refractivity contribution in [1.29, 1.82) is 0 Å². The Balaban J connectivity index is 1.56. The Morgan fingerprint density at radius 1 is 1.05 bits per heavy atom. The number of aromatic nitrogens is 2. The summed E-state index contributed by atoms with van der Waals surface area (Å²) in [5.74, 6) is 1.82. The van der Waals surface area contributed by atoms with Crippen molar-refractivity contribution in [3.05, 3.63) is 47.1 Å². The summed E-state index contributed by atoms with van der Waals surface area (Å²) in [7, 11) is 0. The molecular weight excluding hydrogens is 262 g/mol. The zero-order valence-electron chi connectivity index (χ0n) is 12.2. The van der Waals surface area contributed by atoms with Gasteiger partial charge in [-0.3, -0.25) is 0 Å². The van der Waals surface area contributed by atoms with Crippen LogP contribution in [0.1, 0.15) is 60.9 Å². The number of rotatable bonds is 2. The molecule has 1 fully saturated rings. The summed E-state index contributed by atoms with van der Waals surface area (Å²) in [4.78, 5) is 4.67. The van der Waals surface area contributed by atoms with Gasteiger partial charge in [0.1, 0.15) is 0 Å². The molecule has 0 saturated heterocycles. The average molecular weight is 283 g/mol. The van der Waals surface area contributed by atoms with Crippen LogP contribution in [-0.4, -0.2) is 10.1 Å². The summed E-state index contributed by atoms with van der Waals surface area (Å²) < 4.78 is 5.53. The minimum Gasteiger partial charge on any atom is -0.337 e. The molecule has 110 valence electrons. The Kier molecular flexibility index (Phi) is 3.07. The third-order valence-electron chi connectivity index (χ3n) is 5.03. The first kappa shape index (κ1) is 13.0. The first-order valence-electron chi connectivity index (χ1n) is 7.94. The van der Waals surface area contributed by atoms with Crippen molar-refractivity contribution in [2.75, 3.05) is 0 Å². The lowest BCUT2D eigenvalue weighted by Crippen LogP contribution is -2.39. The molecule has 4 nitrogen and oxygen atoms in total. The summed E-state index contributed by atoms with van der Waals surface area (Å²) in [6.07, 6.45) is 7.50. The van der Waals surface area contributed by atoms with Gasteiger partial charge in [-0.2, -0.15) is 4.98 Å². The molecule has 0 radical (unpaired) electrons. The predicted molar refractivity (Wildman–Crippen MR) is 79.8 cm³/mol. The molecule has 1 aromatic heterocycles. The van der Waals surface area contributed by atoms with Crippen molar-refractivity contribution < 1.29 is 4.52 Å². The standard InChI is InChI=1S/C17H21N3O/c18-17(8-4-1-5-9-17)16-19-15(20-21-16)14-10-12-6-2-3-7-13(12)11-14/h2-3,6-7,14H,1,4-5,8-11,18H2. The molecule has 0 bridgehead atoms. The highest BCUT2D eigenvalue weighted by Crippen LogP contribution is 2.36. The van der Waals surface area contributed by atoms with Gasteiger partial charge in [0.15, 0.2) is 5.82 Å². The maximum Gasteiger partial charge on any atom is 0.246 e. The lowest BCUT2D eigenvalue weighted by atomic mass is 9.82. The van der Waals surface area contributed by atoms with E-state index in [1.807, 2.05) is 0 Å². The van der Waals surface area contributed by atoms with Crippen molar-refractivity contribution in [1.82, 2.24) is 10.1 Å². The highest BCUT2D eigenvalue weighted by atomic mass is 16.5. The van der Waals surface area contributed by atoms with Crippen LogP contribution in [0, 0.1) is 0 Å². The van der Waals surface area contributed by atoms with Crippen LogP contribution in [0.2, 0.25) is 0 Å². The third kappa shape index (κ3) is 2.27. The van der Waals surface area contributed by atoms with Crippen molar-refractivity contribution in [2.24, 2.45) is 5.73 Å². The second kappa shape index (κ2) is 4.95. The van der Waals surface area contributed by atoms with E-state index in [9.17, 15) is 0 Å². The fourth-order valence-corrected chi connectivity index (χ4v) is 3.74. The molecule has 0 spiro atoms. The summed E-state index contributed by atoms with van der Waals surface area (Å²) in [5.41, 5.74) is 8.91. The monoisotopic (exact) mass is 283 g/mol. The molecule has 1 saturated carbocycles. The fraction of sp³-hybridized carbons (Fsp3) is 0.529. The zero-order chi connectivity index (χ0) is 14.3. The van der Waals surface area contributed by atoms with Crippen LogP contribution in [0.15, 0.2) is 28.8 Å². The van der Waals surface area contributed by atoms with Crippen LogP contribution < -0.4 is 5.73 Å². The van der Waals surface area contributed by atoms with Crippen LogP contribution in [0.5, 0.6) is 0 Å². The SMILES string of the molecule is NC1(c2nc(C3Cc4ccccc4C3)no2)CCCCC1. The smallest absolute Gasteiger partial charge is 0.246 e. The number of nitrogens with zero attached hydrogens (tertiary/aromatic N) is 2. The van der Waals surface area contributed by atoms with Gasteiger partial charge in [-0.05, 0) is 36.8 Å². The number of hydrogen-bond acceptors (Lipinski definition) is 4. The fourth-order valence-electron chi connectivity index (χ4n) is 3.74. The van der Waals surface area contributed by atoms with Crippen LogP contribution in [-0.2, 0) is 18.4 Å². The molecule has 2 N–H and O–H groups in total. The second-order valence-corrected chi connectivity index (χ2v) is 6.55. The number of fused-ring (bicyclic) bond motifs is 1. The van der Waals surface area contributed by atoms with E-state index in [1.165, 1.54) is 17.5 Å². The van der Waals surface area contributed by atoms with Crippen molar-refractivity contribution in [3.8, 4) is 0 Å². The Hall–Kier alpha value is -1.68. The van der Waals surface area contributed by atoms with Crippen LogP contribution in [0.4, 0.5) is 0 Å². The molecule has 2 aliphatic rings. The van der Waals surface area contributed by atoms with E-state index in [1.54, 1.807) is 0 Å². The molecule has 1 heterocycles. The number of nitrogens with two attached hydrogens (primary N) is 1. The van der Waals surface area contributed by atoms with Gasteiger partial charge in [-0.15, -0.1) is 0 Å². The van der Waals surface area contributed by atoms with Gasteiger partial charge in [0.25, 0.3) is 0 Å². The van der Waals surface area contributed by atoms with Gasteiger partial charge in [0, 0.05) is 5.92 Å². The predicted octanol–water partition coefficient (Wildman–Crippen LogP) is 3.07.